The number of carbonyl (C=O) groups is 2. The highest BCUT2D eigenvalue weighted by Crippen LogP contribution is 2.37. The predicted octanol–water partition coefficient (Wildman–Crippen LogP) is 4.03. The van der Waals surface area contributed by atoms with E-state index in [0.29, 0.717) is 5.56 Å². The Balaban J connectivity index is 2.40. The van der Waals surface area contributed by atoms with Crippen molar-refractivity contribution in [1.29, 1.82) is 0 Å². The lowest BCUT2D eigenvalue weighted by Crippen LogP contribution is -2.28. The van der Waals surface area contributed by atoms with Gasteiger partial charge in [0.1, 0.15) is 9.53 Å². The highest BCUT2D eigenvalue weighted by Gasteiger charge is 2.37. The SMILES string of the molecule is CC(=O)c1ccc2c(c1)[N+](C(=O)OC(C)(C)C)=CC2I. The number of Topliss-reactive ketones (excluding diaryl/α,β-unsaturated/α-hetero) is 1. The number of halogens is 1. The molecule has 0 spiro atoms. The van der Waals surface area contributed by atoms with E-state index in [0.717, 1.165) is 11.3 Å². The van der Waals surface area contributed by atoms with Crippen molar-refractivity contribution in [3.8, 4) is 0 Å². The third-order valence-electron chi connectivity index (χ3n) is 2.86. The van der Waals surface area contributed by atoms with E-state index in [9.17, 15) is 9.59 Å². The Labute approximate surface area is 132 Å². The molecule has 0 saturated heterocycles. The Kier molecular flexibility index (Phi) is 4.00. The average Bonchev–Trinajstić information content (AvgIpc) is 2.64. The first-order valence-corrected chi connectivity index (χ1v) is 7.60. The zero-order valence-electron chi connectivity index (χ0n) is 11.9. The van der Waals surface area contributed by atoms with Crippen LogP contribution in [-0.2, 0) is 4.74 Å². The van der Waals surface area contributed by atoms with E-state index in [4.69, 9.17) is 4.74 Å². The van der Waals surface area contributed by atoms with Gasteiger partial charge in [0.05, 0.1) is 0 Å². The molecule has 1 aliphatic rings. The number of hydrogen-bond acceptors (Lipinski definition) is 3. The molecule has 0 N–H and O–H groups in total. The van der Waals surface area contributed by atoms with Gasteiger partial charge in [-0.25, -0.2) is 0 Å². The molecule has 1 unspecified atom stereocenters. The van der Waals surface area contributed by atoms with Gasteiger partial charge >= 0.3 is 6.09 Å². The van der Waals surface area contributed by atoms with Crippen molar-refractivity contribution in [1.82, 2.24) is 0 Å². The normalized spacial score (nSPS) is 17.4. The molecule has 1 atom stereocenters. The smallest absolute Gasteiger partial charge is 0.406 e. The minimum atomic E-state index is -0.549. The standard InChI is InChI=1S/C15H17INO3/c1-9(18)10-5-6-11-12(16)8-17(13(11)7-10)14(19)20-15(2,3)4/h5-8,12H,1-4H3/q+1. The van der Waals surface area contributed by atoms with E-state index in [1.807, 2.05) is 33.1 Å². The monoisotopic (exact) mass is 386 g/mol. The molecule has 0 bridgehead atoms. The molecule has 5 heteroatoms. The third-order valence-corrected chi connectivity index (χ3v) is 3.86. The van der Waals surface area contributed by atoms with Crippen molar-refractivity contribution in [2.45, 2.75) is 37.2 Å². The van der Waals surface area contributed by atoms with E-state index in [1.165, 1.54) is 11.5 Å². The number of nitrogens with zero attached hydrogens (tertiary/aromatic N) is 1. The summed E-state index contributed by atoms with van der Waals surface area (Å²) in [4.78, 5) is 23.7. The van der Waals surface area contributed by atoms with Crippen LogP contribution in [0.5, 0.6) is 0 Å². The van der Waals surface area contributed by atoms with Crippen molar-refractivity contribution >= 4 is 46.4 Å². The zero-order valence-corrected chi connectivity index (χ0v) is 14.1. The first kappa shape index (κ1) is 15.2. The van der Waals surface area contributed by atoms with Gasteiger partial charge in [-0.05, 0) is 27.7 Å². The Bertz CT molecular complexity index is 614. The molecule has 1 heterocycles. The molecule has 1 amide bonds. The lowest BCUT2D eigenvalue weighted by atomic mass is 10.1. The molecule has 4 nitrogen and oxygen atoms in total. The van der Waals surface area contributed by atoms with E-state index < -0.39 is 11.7 Å². The summed E-state index contributed by atoms with van der Waals surface area (Å²) in [5.41, 5.74) is 1.79. The summed E-state index contributed by atoms with van der Waals surface area (Å²) < 4.78 is 6.98. The van der Waals surface area contributed by atoms with Crippen molar-refractivity contribution in [2.75, 3.05) is 0 Å². The number of rotatable bonds is 1. The average molecular weight is 386 g/mol. The second-order valence-electron chi connectivity index (χ2n) is 5.73. The van der Waals surface area contributed by atoms with Crippen LogP contribution in [0.25, 0.3) is 0 Å². The van der Waals surface area contributed by atoms with E-state index in [1.54, 1.807) is 12.1 Å². The van der Waals surface area contributed by atoms with Gasteiger partial charge in [0, 0.05) is 17.2 Å². The van der Waals surface area contributed by atoms with Gasteiger partial charge in [0.15, 0.2) is 12.0 Å². The molecule has 1 aliphatic heterocycles. The number of hydrogen-bond donors (Lipinski definition) is 0. The van der Waals surface area contributed by atoms with E-state index in [-0.39, 0.29) is 9.71 Å². The maximum absolute atomic E-state index is 12.2. The Morgan fingerprint density at radius 2 is 1.95 bits per heavy atom. The number of ketones is 1. The van der Waals surface area contributed by atoms with Crippen LogP contribution in [0.3, 0.4) is 0 Å². The van der Waals surface area contributed by atoms with E-state index in [2.05, 4.69) is 22.6 Å². The summed E-state index contributed by atoms with van der Waals surface area (Å²) in [7, 11) is 0. The van der Waals surface area contributed by atoms with Crippen LogP contribution in [0.2, 0.25) is 0 Å². The summed E-state index contributed by atoms with van der Waals surface area (Å²) in [6.07, 6.45) is 1.39. The molecular weight excluding hydrogens is 369 g/mol. The second kappa shape index (κ2) is 5.27. The molecule has 106 valence electrons. The lowest BCUT2D eigenvalue weighted by Gasteiger charge is -2.16. The van der Waals surface area contributed by atoms with Crippen molar-refractivity contribution in [3.63, 3.8) is 0 Å². The topological polar surface area (TPSA) is 46.4 Å². The highest BCUT2D eigenvalue weighted by atomic mass is 127. The fourth-order valence-electron chi connectivity index (χ4n) is 1.97. The maximum Gasteiger partial charge on any atom is 0.602 e. The molecule has 1 aromatic rings. The van der Waals surface area contributed by atoms with Crippen molar-refractivity contribution < 1.29 is 18.9 Å². The molecule has 1 aromatic carbocycles. The van der Waals surface area contributed by atoms with Gasteiger partial charge in [0.2, 0.25) is 5.69 Å². The summed E-state index contributed by atoms with van der Waals surface area (Å²) in [6, 6.07) is 5.43. The van der Waals surface area contributed by atoms with Gasteiger partial charge in [-0.1, -0.05) is 39.3 Å². The van der Waals surface area contributed by atoms with Crippen LogP contribution in [0.4, 0.5) is 10.5 Å². The molecular formula is C15H17INO3+. The zero-order chi connectivity index (χ0) is 15.1. The number of fused-ring (bicyclic) bond motifs is 1. The molecule has 0 aliphatic carbocycles. The Hall–Kier alpha value is -1.24. The predicted molar refractivity (Wildman–Crippen MR) is 85.4 cm³/mol. The van der Waals surface area contributed by atoms with Crippen molar-refractivity contribution in [3.05, 3.63) is 29.3 Å². The summed E-state index contributed by atoms with van der Waals surface area (Å²) in [5, 5.41) is 0. The Morgan fingerprint density at radius 3 is 2.50 bits per heavy atom. The molecule has 0 radical (unpaired) electrons. The fourth-order valence-corrected chi connectivity index (χ4v) is 2.81. The van der Waals surface area contributed by atoms with Crippen molar-refractivity contribution in [2.24, 2.45) is 0 Å². The molecule has 20 heavy (non-hydrogen) atoms. The largest absolute Gasteiger partial charge is 0.602 e. The lowest BCUT2D eigenvalue weighted by molar-refractivity contribution is -0.356. The van der Waals surface area contributed by atoms with Gasteiger partial charge in [-0.3, -0.25) is 4.79 Å². The minimum absolute atomic E-state index is 0.0196. The van der Waals surface area contributed by atoms with Gasteiger partial charge in [0.25, 0.3) is 0 Å². The Morgan fingerprint density at radius 1 is 1.30 bits per heavy atom. The van der Waals surface area contributed by atoms with Crippen LogP contribution in [0.1, 0.15) is 47.5 Å². The first-order chi connectivity index (χ1) is 9.19. The van der Waals surface area contributed by atoms with Crippen LogP contribution in [0, 0.1) is 0 Å². The molecule has 2 rings (SSSR count). The number of benzene rings is 1. The summed E-state index contributed by atoms with van der Waals surface area (Å²) >= 11 is 2.25. The summed E-state index contributed by atoms with van der Waals surface area (Å²) in [5.74, 6) is -0.0196. The van der Waals surface area contributed by atoms with Gasteiger partial charge < -0.3 is 4.74 Å². The number of amides is 1. The highest BCUT2D eigenvalue weighted by molar-refractivity contribution is 14.1. The number of carbonyl (C=O) groups excluding carboxylic acids is 2. The van der Waals surface area contributed by atoms with Crippen LogP contribution in [0.15, 0.2) is 18.2 Å². The summed E-state index contributed by atoms with van der Waals surface area (Å²) in [6.45, 7) is 7.00. The number of alkyl halides is 1. The quantitative estimate of drug-likeness (QED) is 0.317. The number of ether oxygens (including phenoxy) is 1. The second-order valence-corrected chi connectivity index (χ2v) is 7.07. The van der Waals surface area contributed by atoms with Crippen LogP contribution < -0.4 is 0 Å². The molecule has 0 fully saturated rings. The van der Waals surface area contributed by atoms with Gasteiger partial charge in [-0.15, -0.1) is 0 Å². The van der Waals surface area contributed by atoms with Gasteiger partial charge in [-0.2, -0.15) is 4.79 Å². The minimum Gasteiger partial charge on any atom is -0.406 e. The van der Waals surface area contributed by atoms with E-state index >= 15 is 0 Å². The fraction of sp³-hybridized carbons (Fsp3) is 0.400. The van der Waals surface area contributed by atoms with Crippen LogP contribution in [-0.4, -0.2) is 28.3 Å². The van der Waals surface area contributed by atoms with Crippen LogP contribution >= 0.6 is 22.6 Å². The third kappa shape index (κ3) is 3.08. The molecule has 0 saturated carbocycles. The first-order valence-electron chi connectivity index (χ1n) is 6.35. The maximum atomic E-state index is 12.2. The molecule has 0 aromatic heterocycles.